The highest BCUT2D eigenvalue weighted by Crippen LogP contribution is 2.26. The molecule has 0 amide bonds. The first kappa shape index (κ1) is 23.4. The van der Waals surface area contributed by atoms with Crippen LogP contribution in [0.5, 0.6) is 0 Å². The lowest BCUT2D eigenvalue weighted by Crippen LogP contribution is -2.31. The quantitative estimate of drug-likeness (QED) is 0.261. The highest BCUT2D eigenvalue weighted by atomic mass is 35.5. The maximum absolute atomic E-state index is 13.2. The molecule has 1 atom stereocenters. The highest BCUT2D eigenvalue weighted by molar-refractivity contribution is 6.30. The van der Waals surface area contributed by atoms with Crippen LogP contribution in [-0.4, -0.2) is 29.9 Å². The zero-order valence-corrected chi connectivity index (χ0v) is 18.2. The molecule has 2 aromatic rings. The zero-order chi connectivity index (χ0) is 22.3. The molecule has 0 aliphatic rings. The second kappa shape index (κ2) is 10.2. The molecule has 0 aliphatic carbocycles. The Morgan fingerprint density at radius 1 is 1.00 bits per heavy atom. The van der Waals surface area contributed by atoms with Gasteiger partial charge in [-0.05, 0) is 57.0 Å². The number of carbonyl (C=O) groups is 3. The Kier molecular flexibility index (Phi) is 7.95. The van der Waals surface area contributed by atoms with E-state index in [1.165, 1.54) is 6.08 Å². The number of halogens is 1. The number of carbonyl (C=O) groups excluding carboxylic acids is 3. The van der Waals surface area contributed by atoms with Gasteiger partial charge in [0.1, 0.15) is 11.5 Å². The number of rotatable bonds is 7. The van der Waals surface area contributed by atoms with Crippen molar-refractivity contribution in [1.82, 2.24) is 0 Å². The molecule has 2 rings (SSSR count). The van der Waals surface area contributed by atoms with Gasteiger partial charge in [-0.2, -0.15) is 0 Å². The summed E-state index contributed by atoms with van der Waals surface area (Å²) in [6.07, 6.45) is 2.91. The van der Waals surface area contributed by atoms with Gasteiger partial charge in [0.05, 0.1) is 6.61 Å². The first-order valence-corrected chi connectivity index (χ1v) is 9.96. The molecule has 0 saturated carbocycles. The number of ether oxygens (including phenoxy) is 2. The minimum atomic E-state index is -1.11. The second-order valence-corrected chi connectivity index (χ2v) is 8.03. The van der Waals surface area contributed by atoms with Crippen molar-refractivity contribution in [3.05, 3.63) is 76.3 Å². The SMILES string of the molecule is CCOC(=O)C=Cc1ccc(C(=O)C(C(=O)OC(C)(C)C)c2ccc(Cl)cc2)cc1. The molecule has 5 nitrogen and oxygen atoms in total. The Labute approximate surface area is 181 Å². The summed E-state index contributed by atoms with van der Waals surface area (Å²) in [4.78, 5) is 37.4. The van der Waals surface area contributed by atoms with Gasteiger partial charge in [0.15, 0.2) is 5.78 Å². The number of hydrogen-bond donors (Lipinski definition) is 0. The first-order valence-electron chi connectivity index (χ1n) is 9.58. The van der Waals surface area contributed by atoms with E-state index in [-0.39, 0.29) is 5.78 Å². The Balaban J connectivity index is 2.30. The molecule has 0 spiro atoms. The van der Waals surface area contributed by atoms with Gasteiger partial charge in [-0.1, -0.05) is 48.0 Å². The fourth-order valence-corrected chi connectivity index (χ4v) is 2.82. The van der Waals surface area contributed by atoms with E-state index in [9.17, 15) is 14.4 Å². The van der Waals surface area contributed by atoms with Crippen molar-refractivity contribution in [3.8, 4) is 0 Å². The van der Waals surface area contributed by atoms with Gasteiger partial charge in [0.25, 0.3) is 0 Å². The van der Waals surface area contributed by atoms with Crippen LogP contribution in [0.15, 0.2) is 54.6 Å². The molecule has 0 bridgehead atoms. The van der Waals surface area contributed by atoms with Crippen LogP contribution in [0.4, 0.5) is 0 Å². The monoisotopic (exact) mass is 428 g/mol. The standard InChI is InChI=1S/C24H25ClO5/c1-5-29-20(26)15-8-16-6-9-18(10-7-16)22(27)21(23(28)30-24(2,3)4)17-11-13-19(25)14-12-17/h6-15,21H,5H2,1-4H3. The molecule has 30 heavy (non-hydrogen) atoms. The van der Waals surface area contributed by atoms with Crippen LogP contribution >= 0.6 is 11.6 Å². The lowest BCUT2D eigenvalue weighted by molar-refractivity contribution is -0.155. The third-order valence-electron chi connectivity index (χ3n) is 4.00. The van der Waals surface area contributed by atoms with Crippen LogP contribution < -0.4 is 0 Å². The van der Waals surface area contributed by atoms with Crippen molar-refractivity contribution in [3.63, 3.8) is 0 Å². The predicted molar refractivity (Wildman–Crippen MR) is 116 cm³/mol. The Bertz CT molecular complexity index is 922. The first-order chi connectivity index (χ1) is 14.1. The fourth-order valence-electron chi connectivity index (χ4n) is 2.69. The van der Waals surface area contributed by atoms with E-state index in [2.05, 4.69) is 0 Å². The predicted octanol–water partition coefficient (Wildman–Crippen LogP) is 5.22. The molecular formula is C24H25ClO5. The largest absolute Gasteiger partial charge is 0.463 e. The lowest BCUT2D eigenvalue weighted by Gasteiger charge is -2.23. The molecule has 0 heterocycles. The molecule has 0 N–H and O–H groups in total. The van der Waals surface area contributed by atoms with Crippen molar-refractivity contribution < 1.29 is 23.9 Å². The molecule has 0 fully saturated rings. The third-order valence-corrected chi connectivity index (χ3v) is 4.25. The Morgan fingerprint density at radius 2 is 1.60 bits per heavy atom. The average Bonchev–Trinajstić information content (AvgIpc) is 2.67. The Hall–Kier alpha value is -2.92. The van der Waals surface area contributed by atoms with Gasteiger partial charge >= 0.3 is 11.9 Å². The van der Waals surface area contributed by atoms with Crippen molar-refractivity contribution in [2.24, 2.45) is 0 Å². The van der Waals surface area contributed by atoms with E-state index in [0.29, 0.717) is 22.8 Å². The summed E-state index contributed by atoms with van der Waals surface area (Å²) in [6, 6.07) is 13.2. The van der Waals surface area contributed by atoms with Gasteiger partial charge in [0, 0.05) is 16.7 Å². The molecule has 0 radical (unpaired) electrons. The molecule has 1 unspecified atom stereocenters. The number of hydrogen-bond acceptors (Lipinski definition) is 5. The van der Waals surface area contributed by atoms with Crippen LogP contribution in [-0.2, 0) is 19.1 Å². The van der Waals surface area contributed by atoms with Crippen molar-refractivity contribution >= 4 is 35.4 Å². The summed E-state index contributed by atoms with van der Waals surface area (Å²) < 4.78 is 10.3. The van der Waals surface area contributed by atoms with Crippen molar-refractivity contribution in [2.75, 3.05) is 6.61 Å². The number of Topliss-reactive ketones (excluding diaryl/α,β-unsaturated/α-hetero) is 1. The average molecular weight is 429 g/mol. The normalized spacial score (nSPS) is 12.4. The van der Waals surface area contributed by atoms with Gasteiger partial charge in [0.2, 0.25) is 0 Å². The van der Waals surface area contributed by atoms with Crippen molar-refractivity contribution in [2.45, 2.75) is 39.2 Å². The van der Waals surface area contributed by atoms with Crippen LogP contribution in [0.2, 0.25) is 5.02 Å². The van der Waals surface area contributed by atoms with Gasteiger partial charge < -0.3 is 9.47 Å². The van der Waals surface area contributed by atoms with Gasteiger partial charge in [-0.15, -0.1) is 0 Å². The second-order valence-electron chi connectivity index (χ2n) is 7.59. The Morgan fingerprint density at radius 3 is 2.13 bits per heavy atom. The summed E-state index contributed by atoms with van der Waals surface area (Å²) in [5.74, 6) is -2.55. The molecule has 0 saturated heterocycles. The lowest BCUT2D eigenvalue weighted by atomic mass is 9.90. The summed E-state index contributed by atoms with van der Waals surface area (Å²) in [5.41, 5.74) is 0.850. The smallest absolute Gasteiger partial charge is 0.330 e. The molecule has 0 aliphatic heterocycles. The van der Waals surface area contributed by atoms with E-state index in [0.717, 1.165) is 5.56 Å². The summed E-state index contributed by atoms with van der Waals surface area (Å²) in [6.45, 7) is 7.28. The molecule has 0 aromatic heterocycles. The number of ketones is 1. The third kappa shape index (κ3) is 6.85. The minimum Gasteiger partial charge on any atom is -0.463 e. The number of benzene rings is 2. The van der Waals surface area contributed by atoms with Crippen molar-refractivity contribution in [1.29, 1.82) is 0 Å². The number of esters is 2. The topological polar surface area (TPSA) is 69.7 Å². The summed E-state index contributed by atoms with van der Waals surface area (Å²) >= 11 is 5.95. The zero-order valence-electron chi connectivity index (χ0n) is 17.5. The van der Waals surface area contributed by atoms with Crippen LogP contribution in [0, 0.1) is 0 Å². The molecular weight excluding hydrogens is 404 g/mol. The molecule has 6 heteroatoms. The summed E-state index contributed by atoms with van der Waals surface area (Å²) in [7, 11) is 0. The summed E-state index contributed by atoms with van der Waals surface area (Å²) in [5, 5.41) is 0.506. The van der Waals surface area contributed by atoms with Gasteiger partial charge in [-0.3, -0.25) is 9.59 Å². The van der Waals surface area contributed by atoms with E-state index in [1.54, 1.807) is 82.3 Å². The highest BCUT2D eigenvalue weighted by Gasteiger charge is 2.33. The fraction of sp³-hybridized carbons (Fsp3) is 0.292. The molecule has 158 valence electrons. The minimum absolute atomic E-state index is 0.299. The molecule has 2 aromatic carbocycles. The maximum atomic E-state index is 13.2. The maximum Gasteiger partial charge on any atom is 0.330 e. The van der Waals surface area contributed by atoms with E-state index < -0.39 is 23.5 Å². The van der Waals surface area contributed by atoms with Crippen LogP contribution in [0.25, 0.3) is 6.08 Å². The van der Waals surface area contributed by atoms with Crippen LogP contribution in [0.1, 0.15) is 55.1 Å². The van der Waals surface area contributed by atoms with E-state index >= 15 is 0 Å². The van der Waals surface area contributed by atoms with Gasteiger partial charge in [-0.25, -0.2) is 4.79 Å². The van der Waals surface area contributed by atoms with E-state index in [4.69, 9.17) is 21.1 Å². The van der Waals surface area contributed by atoms with Crippen LogP contribution in [0.3, 0.4) is 0 Å². The van der Waals surface area contributed by atoms with E-state index in [1.807, 2.05) is 0 Å².